The van der Waals surface area contributed by atoms with Crippen LogP contribution < -0.4 is 15.4 Å². The van der Waals surface area contributed by atoms with Gasteiger partial charge in [0.2, 0.25) is 0 Å². The number of ether oxygens (including phenoxy) is 1. The number of aromatic nitrogens is 1. The Labute approximate surface area is 106 Å². The summed E-state index contributed by atoms with van der Waals surface area (Å²) >= 11 is 0. The summed E-state index contributed by atoms with van der Waals surface area (Å²) in [5.41, 5.74) is 5.67. The molecule has 2 N–H and O–H groups in total. The predicted octanol–water partition coefficient (Wildman–Crippen LogP) is 1.64. The van der Waals surface area contributed by atoms with Crippen LogP contribution in [-0.2, 0) is 0 Å². The van der Waals surface area contributed by atoms with Crippen molar-refractivity contribution in [2.24, 2.45) is 11.7 Å². The first-order chi connectivity index (χ1) is 8.81. The van der Waals surface area contributed by atoms with Gasteiger partial charge < -0.3 is 15.4 Å². The van der Waals surface area contributed by atoms with Gasteiger partial charge in [-0.05, 0) is 30.1 Å². The van der Waals surface area contributed by atoms with Gasteiger partial charge in [-0.25, -0.2) is 4.98 Å². The maximum Gasteiger partial charge on any atom is 0.136 e. The summed E-state index contributed by atoms with van der Waals surface area (Å²) in [6.45, 7) is 2.75. The molecule has 18 heavy (non-hydrogen) atoms. The number of benzene rings is 1. The van der Waals surface area contributed by atoms with E-state index in [2.05, 4.69) is 16.0 Å². The van der Waals surface area contributed by atoms with Crippen LogP contribution in [0.1, 0.15) is 0 Å². The number of anilines is 1. The summed E-state index contributed by atoms with van der Waals surface area (Å²) < 4.78 is 5.28. The van der Waals surface area contributed by atoms with Crippen LogP contribution >= 0.6 is 0 Å². The van der Waals surface area contributed by atoms with E-state index in [-0.39, 0.29) is 0 Å². The molecule has 0 radical (unpaired) electrons. The average Bonchev–Trinajstić information content (AvgIpc) is 2.37. The number of hydrogen-bond donors (Lipinski definition) is 1. The average molecular weight is 243 g/mol. The number of hydrogen-bond acceptors (Lipinski definition) is 4. The molecule has 0 unspecified atom stereocenters. The molecule has 94 valence electrons. The Kier molecular flexibility index (Phi) is 2.80. The van der Waals surface area contributed by atoms with Gasteiger partial charge in [0.1, 0.15) is 11.6 Å². The molecule has 1 aliphatic heterocycles. The molecule has 0 bridgehead atoms. The third-order valence-corrected chi connectivity index (χ3v) is 3.54. The van der Waals surface area contributed by atoms with Crippen molar-refractivity contribution in [1.29, 1.82) is 0 Å². The lowest BCUT2D eigenvalue weighted by Gasteiger charge is -2.40. The van der Waals surface area contributed by atoms with Crippen LogP contribution in [-0.4, -0.2) is 31.7 Å². The highest BCUT2D eigenvalue weighted by Crippen LogP contribution is 2.31. The Morgan fingerprint density at radius 2 is 2.22 bits per heavy atom. The molecule has 1 fully saturated rings. The van der Waals surface area contributed by atoms with E-state index in [0.29, 0.717) is 5.92 Å². The first-order valence-electron chi connectivity index (χ1n) is 6.19. The molecule has 2 heterocycles. The normalized spacial score (nSPS) is 15.8. The van der Waals surface area contributed by atoms with Gasteiger partial charge >= 0.3 is 0 Å². The van der Waals surface area contributed by atoms with Gasteiger partial charge in [0.05, 0.1) is 7.11 Å². The second kappa shape index (κ2) is 4.46. The smallest absolute Gasteiger partial charge is 0.136 e. The van der Waals surface area contributed by atoms with Crippen LogP contribution in [0.25, 0.3) is 10.8 Å². The fourth-order valence-corrected chi connectivity index (χ4v) is 2.40. The Morgan fingerprint density at radius 1 is 1.39 bits per heavy atom. The number of fused-ring (bicyclic) bond motifs is 1. The van der Waals surface area contributed by atoms with Gasteiger partial charge in [-0.15, -0.1) is 0 Å². The van der Waals surface area contributed by atoms with Crippen LogP contribution in [0.15, 0.2) is 30.5 Å². The summed E-state index contributed by atoms with van der Waals surface area (Å²) in [6.07, 6.45) is 1.86. The van der Waals surface area contributed by atoms with Crippen molar-refractivity contribution < 1.29 is 4.74 Å². The van der Waals surface area contributed by atoms with E-state index in [1.807, 2.05) is 24.4 Å². The molecule has 1 aliphatic rings. The van der Waals surface area contributed by atoms with Gasteiger partial charge in [-0.2, -0.15) is 0 Å². The third kappa shape index (κ3) is 1.78. The fraction of sp³-hybridized carbons (Fsp3) is 0.357. The number of rotatable bonds is 3. The zero-order valence-corrected chi connectivity index (χ0v) is 10.5. The molecule has 0 aliphatic carbocycles. The van der Waals surface area contributed by atoms with Crippen LogP contribution in [0.3, 0.4) is 0 Å². The zero-order chi connectivity index (χ0) is 12.5. The van der Waals surface area contributed by atoms with Crippen molar-refractivity contribution in [3.8, 4) is 5.75 Å². The molecule has 0 atom stereocenters. The second-order valence-electron chi connectivity index (χ2n) is 4.73. The van der Waals surface area contributed by atoms with Crippen molar-refractivity contribution in [2.45, 2.75) is 0 Å². The fourth-order valence-electron chi connectivity index (χ4n) is 2.40. The van der Waals surface area contributed by atoms with E-state index in [4.69, 9.17) is 10.5 Å². The summed E-state index contributed by atoms with van der Waals surface area (Å²) in [4.78, 5) is 6.78. The Balaban J connectivity index is 2.01. The molecule has 1 aromatic heterocycles. The molecule has 0 amide bonds. The lowest BCUT2D eigenvalue weighted by Crippen LogP contribution is -2.50. The van der Waals surface area contributed by atoms with Crippen molar-refractivity contribution in [3.05, 3.63) is 30.5 Å². The molecule has 0 spiro atoms. The minimum absolute atomic E-state index is 0.604. The van der Waals surface area contributed by atoms with E-state index >= 15 is 0 Å². The molecule has 3 rings (SSSR count). The van der Waals surface area contributed by atoms with Gasteiger partial charge in [0.25, 0.3) is 0 Å². The summed E-state index contributed by atoms with van der Waals surface area (Å²) in [5, 5.41) is 2.34. The maximum atomic E-state index is 5.67. The van der Waals surface area contributed by atoms with E-state index in [9.17, 15) is 0 Å². The third-order valence-electron chi connectivity index (χ3n) is 3.54. The van der Waals surface area contributed by atoms with Crippen molar-refractivity contribution in [2.75, 3.05) is 31.6 Å². The topological polar surface area (TPSA) is 51.4 Å². The Hall–Kier alpha value is -1.81. The van der Waals surface area contributed by atoms with Crippen LogP contribution in [0.5, 0.6) is 5.75 Å². The highest BCUT2D eigenvalue weighted by atomic mass is 16.5. The monoisotopic (exact) mass is 243 g/mol. The van der Waals surface area contributed by atoms with Crippen molar-refractivity contribution in [1.82, 2.24) is 4.98 Å². The van der Waals surface area contributed by atoms with Crippen LogP contribution in [0.2, 0.25) is 0 Å². The van der Waals surface area contributed by atoms with E-state index in [0.717, 1.165) is 36.6 Å². The van der Waals surface area contributed by atoms with Crippen molar-refractivity contribution >= 4 is 16.6 Å². The number of nitrogens with zero attached hydrogens (tertiary/aromatic N) is 2. The molecular weight excluding hydrogens is 226 g/mol. The number of nitrogens with two attached hydrogens (primary N) is 1. The lowest BCUT2D eigenvalue weighted by atomic mass is 9.99. The Morgan fingerprint density at radius 3 is 2.94 bits per heavy atom. The quantitative estimate of drug-likeness (QED) is 0.890. The van der Waals surface area contributed by atoms with Crippen LogP contribution in [0, 0.1) is 5.92 Å². The van der Waals surface area contributed by atoms with E-state index < -0.39 is 0 Å². The van der Waals surface area contributed by atoms with Crippen molar-refractivity contribution in [3.63, 3.8) is 0 Å². The first-order valence-corrected chi connectivity index (χ1v) is 6.19. The lowest BCUT2D eigenvalue weighted by molar-refractivity contribution is 0.414. The first kappa shape index (κ1) is 11.3. The molecular formula is C14H17N3O. The predicted molar refractivity (Wildman–Crippen MR) is 73.1 cm³/mol. The SMILES string of the molecule is COc1ccc2ccnc(N3CC(CN)C3)c2c1. The van der Waals surface area contributed by atoms with Gasteiger partial charge in [0.15, 0.2) is 0 Å². The summed E-state index contributed by atoms with van der Waals surface area (Å²) in [5.74, 6) is 2.51. The highest BCUT2D eigenvalue weighted by molar-refractivity contribution is 5.93. The number of methoxy groups -OCH3 is 1. The summed E-state index contributed by atoms with van der Waals surface area (Å²) in [7, 11) is 1.69. The largest absolute Gasteiger partial charge is 0.497 e. The van der Waals surface area contributed by atoms with E-state index in [1.165, 1.54) is 5.39 Å². The highest BCUT2D eigenvalue weighted by Gasteiger charge is 2.27. The zero-order valence-electron chi connectivity index (χ0n) is 10.5. The minimum atomic E-state index is 0.604. The molecule has 1 aromatic carbocycles. The van der Waals surface area contributed by atoms with Crippen LogP contribution in [0.4, 0.5) is 5.82 Å². The summed E-state index contributed by atoms with van der Waals surface area (Å²) in [6, 6.07) is 8.12. The molecule has 4 heteroatoms. The minimum Gasteiger partial charge on any atom is -0.497 e. The standard InChI is InChI=1S/C14H17N3O/c1-18-12-3-2-11-4-5-16-14(13(11)6-12)17-8-10(7-15)9-17/h2-6,10H,7-9,15H2,1H3. The Bertz CT molecular complexity index is 564. The van der Waals surface area contributed by atoms with Gasteiger partial charge in [0, 0.05) is 30.6 Å². The molecule has 0 saturated carbocycles. The number of pyridine rings is 1. The van der Waals surface area contributed by atoms with Gasteiger partial charge in [-0.3, -0.25) is 0 Å². The second-order valence-corrected chi connectivity index (χ2v) is 4.73. The van der Waals surface area contributed by atoms with Gasteiger partial charge in [-0.1, -0.05) is 6.07 Å². The van der Waals surface area contributed by atoms with E-state index in [1.54, 1.807) is 7.11 Å². The maximum absolute atomic E-state index is 5.67. The molecule has 4 nitrogen and oxygen atoms in total. The molecule has 2 aromatic rings. The molecule has 1 saturated heterocycles.